The number of pyridine rings is 1. The summed E-state index contributed by atoms with van der Waals surface area (Å²) in [6.45, 7) is 8.64. The summed E-state index contributed by atoms with van der Waals surface area (Å²) < 4.78 is 77.6. The Morgan fingerprint density at radius 2 is 1.49 bits per heavy atom. The second-order valence-electron chi connectivity index (χ2n) is 13.4. The Morgan fingerprint density at radius 3 is 2.00 bits per heavy atom. The fourth-order valence-corrected chi connectivity index (χ4v) is 6.54. The van der Waals surface area contributed by atoms with E-state index in [1.807, 2.05) is 29.2 Å². The summed E-state index contributed by atoms with van der Waals surface area (Å²) >= 11 is 6.51. The van der Waals surface area contributed by atoms with Crippen molar-refractivity contribution in [2.45, 2.75) is 58.6 Å². The lowest BCUT2D eigenvalue weighted by Crippen LogP contribution is -2.25. The smallest absolute Gasteiger partial charge is 0.418 e. The van der Waals surface area contributed by atoms with E-state index in [0.717, 1.165) is 21.7 Å². The second-order valence-corrected chi connectivity index (χ2v) is 19.4. The van der Waals surface area contributed by atoms with Crippen LogP contribution in [0.5, 0.6) is 11.5 Å². The van der Waals surface area contributed by atoms with E-state index in [9.17, 15) is 18.0 Å². The molecule has 0 aliphatic heterocycles. The van der Waals surface area contributed by atoms with Gasteiger partial charge in [0, 0.05) is 33.3 Å². The zero-order valence-corrected chi connectivity index (χ0v) is 31.0. The van der Waals surface area contributed by atoms with Gasteiger partial charge in [-0.15, -0.1) is 0 Å². The first kappa shape index (κ1) is 37.8. The number of hydrogen-bond donors (Lipinski definition) is 0. The minimum atomic E-state index is -4.87. The lowest BCUT2D eigenvalue weighted by atomic mass is 9.99. The minimum Gasteiger partial charge on any atom is -0.497 e. The maximum Gasteiger partial charge on any atom is 0.418 e. The second kappa shape index (κ2) is 15.4. The predicted molar refractivity (Wildman–Crippen MR) is 194 cm³/mol. The Hall–Kier alpha value is -4.46. The van der Waals surface area contributed by atoms with Crippen LogP contribution in [0.15, 0.2) is 71.8 Å². The van der Waals surface area contributed by atoms with Crippen LogP contribution >= 0.6 is 11.6 Å². The fourth-order valence-electron chi connectivity index (χ4n) is 5.54. The van der Waals surface area contributed by atoms with Crippen molar-refractivity contribution in [3.63, 3.8) is 0 Å². The summed E-state index contributed by atoms with van der Waals surface area (Å²) in [5.41, 5.74) is -1.41. The van der Waals surface area contributed by atoms with Crippen molar-refractivity contribution in [1.82, 2.24) is 14.5 Å². The molecule has 0 amide bonds. The molecule has 0 aliphatic rings. The minimum absolute atomic E-state index is 0.146. The van der Waals surface area contributed by atoms with Gasteiger partial charge in [-0.05, 0) is 66.1 Å². The molecule has 0 saturated heterocycles. The largest absolute Gasteiger partial charge is 0.497 e. The molecule has 8 nitrogen and oxygen atoms in total. The molecule has 0 aliphatic carbocycles. The Balaban J connectivity index is 1.62. The van der Waals surface area contributed by atoms with Crippen molar-refractivity contribution in [3.8, 4) is 22.8 Å². The number of alkyl halides is 3. The van der Waals surface area contributed by atoms with Gasteiger partial charge in [0.05, 0.1) is 36.0 Å². The van der Waals surface area contributed by atoms with Crippen LogP contribution in [-0.4, -0.2) is 43.4 Å². The number of anilines is 1. The molecule has 2 heterocycles. The summed E-state index contributed by atoms with van der Waals surface area (Å²) in [6, 6.07) is 17.9. The van der Waals surface area contributed by atoms with E-state index in [1.165, 1.54) is 25.4 Å². The van der Waals surface area contributed by atoms with Gasteiger partial charge in [0.2, 0.25) is 0 Å². The summed E-state index contributed by atoms with van der Waals surface area (Å²) in [4.78, 5) is 23.9. The molecule has 0 fully saturated rings. The van der Waals surface area contributed by atoms with E-state index in [4.69, 9.17) is 25.8 Å². The van der Waals surface area contributed by atoms with Crippen LogP contribution in [0, 0.1) is 12.7 Å². The number of benzene rings is 3. The van der Waals surface area contributed by atoms with Gasteiger partial charge in [-0.2, -0.15) is 13.2 Å². The molecule has 3 aromatic carbocycles. The number of hydrogen-bond acceptors (Lipinski definition) is 7. The van der Waals surface area contributed by atoms with Crippen molar-refractivity contribution in [3.05, 3.63) is 110 Å². The molecular weight excluding hydrogens is 704 g/mol. The maximum atomic E-state index is 16.1. The number of nitrogens with zero attached hydrogens (tertiary/aromatic N) is 4. The van der Waals surface area contributed by atoms with Gasteiger partial charge >= 0.3 is 6.18 Å². The molecule has 0 unspecified atom stereocenters. The van der Waals surface area contributed by atoms with E-state index in [2.05, 4.69) is 29.6 Å². The van der Waals surface area contributed by atoms with Crippen LogP contribution in [0.1, 0.15) is 22.3 Å². The molecule has 2 aromatic heterocycles. The van der Waals surface area contributed by atoms with E-state index < -0.39 is 47.3 Å². The van der Waals surface area contributed by atoms with Gasteiger partial charge in [0.1, 0.15) is 35.8 Å². The zero-order chi connectivity index (χ0) is 37.1. The average molecular weight is 743 g/mol. The number of ether oxygens (including phenoxy) is 3. The van der Waals surface area contributed by atoms with Crippen LogP contribution in [-0.2, 0) is 30.7 Å². The Kier molecular flexibility index (Phi) is 11.4. The summed E-state index contributed by atoms with van der Waals surface area (Å²) in [7, 11) is 1.72. The summed E-state index contributed by atoms with van der Waals surface area (Å²) in [5, 5.41) is -1.13. The van der Waals surface area contributed by atoms with Gasteiger partial charge in [-0.3, -0.25) is 9.36 Å². The lowest BCUT2D eigenvalue weighted by Gasteiger charge is -2.27. The highest BCUT2D eigenvalue weighted by Gasteiger charge is 2.38. The molecule has 51 heavy (non-hydrogen) atoms. The van der Waals surface area contributed by atoms with Crippen molar-refractivity contribution >= 4 is 36.4 Å². The molecule has 5 rings (SSSR count). The molecule has 0 N–H and O–H groups in total. The van der Waals surface area contributed by atoms with Gasteiger partial charge in [0.25, 0.3) is 5.56 Å². The topological polar surface area (TPSA) is 78.7 Å². The first-order valence-electron chi connectivity index (χ1n) is 16.1. The first-order chi connectivity index (χ1) is 24.1. The zero-order valence-electron chi connectivity index (χ0n) is 29.2. The fraction of sp³-hybridized carbons (Fsp3) is 0.324. The van der Waals surface area contributed by atoms with E-state index in [1.54, 1.807) is 38.5 Å². The van der Waals surface area contributed by atoms with Crippen LogP contribution in [0.4, 0.5) is 23.4 Å². The standard InChI is InChI=1S/C37H39ClF4N4O4Si/c1-23-17-30(45(19-24-7-11-26(48-2)12-8-24)20-25-9-13-27(49-3)14-10-25)44-35(32(23)37(40,41)42)28-18-29-31(34(39)33(28)38)36(47)46(21-43-29)22-50-15-16-51(4,5)6/h7-14,17-18,21H,15-16,19-20,22H2,1-6H3. The van der Waals surface area contributed by atoms with E-state index >= 15 is 4.39 Å². The first-order valence-corrected chi connectivity index (χ1v) is 20.2. The van der Waals surface area contributed by atoms with Crippen LogP contribution in [0.2, 0.25) is 30.7 Å². The monoisotopic (exact) mass is 742 g/mol. The molecule has 0 atom stereocenters. The van der Waals surface area contributed by atoms with Crippen molar-refractivity contribution in [1.29, 1.82) is 0 Å². The number of methoxy groups -OCH3 is 2. The van der Waals surface area contributed by atoms with Gasteiger partial charge in [-0.1, -0.05) is 55.5 Å². The summed E-state index contributed by atoms with van der Waals surface area (Å²) in [5.74, 6) is 0.297. The number of aryl methyl sites for hydroxylation is 1. The molecule has 270 valence electrons. The van der Waals surface area contributed by atoms with Crippen LogP contribution < -0.4 is 19.9 Å². The third-order valence-electron chi connectivity index (χ3n) is 8.35. The van der Waals surface area contributed by atoms with Crippen molar-refractivity contribution < 1.29 is 31.8 Å². The number of aromatic nitrogens is 3. The van der Waals surface area contributed by atoms with Crippen LogP contribution in [0.25, 0.3) is 22.2 Å². The molecule has 0 bridgehead atoms. The Labute approximate surface area is 299 Å². The SMILES string of the molecule is COc1ccc(CN(Cc2ccc(OC)cc2)c2cc(C)c(C(F)(F)F)c(-c3cc4ncn(COCC[Si](C)(C)C)c(=O)c4c(F)c3Cl)n2)cc1. The van der Waals surface area contributed by atoms with Crippen molar-refractivity contribution in [2.75, 3.05) is 25.7 Å². The molecular formula is C37H39ClF4N4O4Si. The molecule has 5 aromatic rings. The average Bonchev–Trinajstić information content (AvgIpc) is 3.08. The molecule has 0 radical (unpaired) electrons. The third-order valence-corrected chi connectivity index (χ3v) is 10.4. The molecule has 0 spiro atoms. The normalized spacial score (nSPS) is 12.0. The number of halogens is 5. The Morgan fingerprint density at radius 1 is 0.922 bits per heavy atom. The maximum absolute atomic E-state index is 16.1. The Bertz CT molecular complexity index is 2020. The van der Waals surface area contributed by atoms with E-state index in [-0.39, 0.29) is 42.3 Å². The highest BCUT2D eigenvalue weighted by atomic mass is 35.5. The van der Waals surface area contributed by atoms with Gasteiger partial charge in [0.15, 0.2) is 5.82 Å². The van der Waals surface area contributed by atoms with E-state index in [0.29, 0.717) is 18.1 Å². The highest BCUT2D eigenvalue weighted by Crippen LogP contribution is 2.43. The number of rotatable bonds is 13. The predicted octanol–water partition coefficient (Wildman–Crippen LogP) is 9.11. The van der Waals surface area contributed by atoms with Crippen molar-refractivity contribution in [2.24, 2.45) is 0 Å². The number of fused-ring (bicyclic) bond motifs is 1. The summed E-state index contributed by atoms with van der Waals surface area (Å²) in [6.07, 6.45) is -3.69. The highest BCUT2D eigenvalue weighted by molar-refractivity contribution is 6.76. The van der Waals surface area contributed by atoms with Gasteiger partial charge in [-0.25, -0.2) is 14.4 Å². The lowest BCUT2D eigenvalue weighted by molar-refractivity contribution is -0.137. The van der Waals surface area contributed by atoms with Gasteiger partial charge < -0.3 is 19.1 Å². The quantitative estimate of drug-likeness (QED) is 0.0677. The van der Waals surface area contributed by atoms with Crippen LogP contribution in [0.3, 0.4) is 0 Å². The third kappa shape index (κ3) is 8.89. The molecule has 0 saturated carbocycles. The molecule has 14 heteroatoms.